The van der Waals surface area contributed by atoms with Gasteiger partial charge in [-0.15, -0.1) is 5.10 Å². The van der Waals surface area contributed by atoms with Crippen LogP contribution in [-0.4, -0.2) is 27.3 Å². The maximum atomic E-state index is 13.1. The number of nitrogens with one attached hydrogen (secondary N) is 1. The first-order valence-electron chi connectivity index (χ1n) is 9.70. The smallest absolute Gasteiger partial charge is 0.338 e. The second-order valence-corrected chi connectivity index (χ2v) is 8.29. The number of esters is 1. The predicted molar refractivity (Wildman–Crippen MR) is 119 cm³/mol. The van der Waals surface area contributed by atoms with Gasteiger partial charge in [-0.05, 0) is 49.2 Å². The molecule has 0 bridgehead atoms. The molecular weight excluding hydrogens is 439 g/mol. The number of thioether (sulfide) groups is 1. The SMILES string of the molecule is CCOC(=O)C1=C(C)Nc2nc(SCc3ccc(F)cc3)nn2[C@H]1c1ccc(Cl)cc1. The number of anilines is 1. The molecule has 2 aromatic carbocycles. The molecule has 1 atom stereocenters. The zero-order valence-corrected chi connectivity index (χ0v) is 18.5. The second kappa shape index (κ2) is 9.11. The summed E-state index contributed by atoms with van der Waals surface area (Å²) >= 11 is 7.50. The molecule has 1 aromatic heterocycles. The highest BCUT2D eigenvalue weighted by Crippen LogP contribution is 2.37. The summed E-state index contributed by atoms with van der Waals surface area (Å²) in [5.41, 5.74) is 2.93. The Labute approximate surface area is 188 Å². The molecule has 3 aromatic rings. The molecule has 6 nitrogen and oxygen atoms in total. The van der Waals surface area contributed by atoms with Crippen molar-refractivity contribution in [3.8, 4) is 0 Å². The molecule has 0 amide bonds. The molecule has 160 valence electrons. The number of halogens is 2. The van der Waals surface area contributed by atoms with Crippen LogP contribution in [-0.2, 0) is 15.3 Å². The van der Waals surface area contributed by atoms with Gasteiger partial charge in [-0.1, -0.05) is 47.6 Å². The summed E-state index contributed by atoms with van der Waals surface area (Å²) < 4.78 is 20.1. The Kier molecular flexibility index (Phi) is 6.29. The van der Waals surface area contributed by atoms with E-state index in [4.69, 9.17) is 16.3 Å². The van der Waals surface area contributed by atoms with Crippen LogP contribution in [0.15, 0.2) is 65.0 Å². The lowest BCUT2D eigenvalue weighted by atomic mass is 9.96. The molecule has 0 fully saturated rings. The van der Waals surface area contributed by atoms with Crippen molar-refractivity contribution in [1.29, 1.82) is 0 Å². The molecule has 0 aliphatic carbocycles. The molecule has 2 heterocycles. The standard InChI is InChI=1S/C22H20ClFN4O2S/c1-3-30-20(29)18-13(2)25-21-26-22(31-12-14-4-10-17(24)11-5-14)27-28(21)19(18)15-6-8-16(23)9-7-15/h4-11,19H,3,12H2,1-2H3,(H,25,26,27)/t19-/m0/s1. The Bertz CT molecular complexity index is 1130. The molecule has 9 heteroatoms. The van der Waals surface area contributed by atoms with Crippen molar-refractivity contribution in [3.05, 3.63) is 81.8 Å². The van der Waals surface area contributed by atoms with Gasteiger partial charge in [-0.25, -0.2) is 13.9 Å². The van der Waals surface area contributed by atoms with E-state index in [1.807, 2.05) is 19.1 Å². The lowest BCUT2D eigenvalue weighted by Crippen LogP contribution is -2.29. The van der Waals surface area contributed by atoms with Crippen LogP contribution in [0.3, 0.4) is 0 Å². The summed E-state index contributed by atoms with van der Waals surface area (Å²) in [6.07, 6.45) is 0. The fraction of sp³-hybridized carbons (Fsp3) is 0.227. The molecular formula is C22H20ClFN4O2S. The van der Waals surface area contributed by atoms with Gasteiger partial charge in [0.1, 0.15) is 11.9 Å². The molecule has 4 rings (SSSR count). The van der Waals surface area contributed by atoms with Gasteiger partial charge in [0, 0.05) is 16.5 Å². The van der Waals surface area contributed by atoms with E-state index in [1.54, 1.807) is 35.9 Å². The van der Waals surface area contributed by atoms with Crippen molar-refractivity contribution in [2.45, 2.75) is 30.8 Å². The fourth-order valence-electron chi connectivity index (χ4n) is 3.35. The fourth-order valence-corrected chi connectivity index (χ4v) is 4.26. The second-order valence-electron chi connectivity index (χ2n) is 6.92. The van der Waals surface area contributed by atoms with Crippen molar-refractivity contribution in [2.24, 2.45) is 0 Å². The summed E-state index contributed by atoms with van der Waals surface area (Å²) in [5, 5.41) is 8.96. The third-order valence-electron chi connectivity index (χ3n) is 4.80. The van der Waals surface area contributed by atoms with Gasteiger partial charge >= 0.3 is 5.97 Å². The van der Waals surface area contributed by atoms with E-state index in [0.717, 1.165) is 11.1 Å². The Morgan fingerprint density at radius 1 is 1.23 bits per heavy atom. The van der Waals surface area contributed by atoms with Crippen molar-refractivity contribution >= 4 is 35.3 Å². The molecule has 1 N–H and O–H groups in total. The van der Waals surface area contributed by atoms with E-state index in [2.05, 4.69) is 15.4 Å². The van der Waals surface area contributed by atoms with Gasteiger partial charge < -0.3 is 10.1 Å². The van der Waals surface area contributed by atoms with E-state index >= 15 is 0 Å². The normalized spacial score (nSPS) is 15.4. The third-order valence-corrected chi connectivity index (χ3v) is 5.96. The van der Waals surface area contributed by atoms with Crippen molar-refractivity contribution < 1.29 is 13.9 Å². The number of hydrogen-bond acceptors (Lipinski definition) is 6. The molecule has 0 unspecified atom stereocenters. The molecule has 0 saturated carbocycles. The van der Waals surface area contributed by atoms with Crippen molar-refractivity contribution in [1.82, 2.24) is 14.8 Å². The van der Waals surface area contributed by atoms with Gasteiger partial charge in [0.05, 0.1) is 12.2 Å². The maximum Gasteiger partial charge on any atom is 0.338 e. The Hall–Kier alpha value is -2.84. The number of hydrogen-bond donors (Lipinski definition) is 1. The summed E-state index contributed by atoms with van der Waals surface area (Å²) in [6.45, 7) is 3.86. The molecule has 0 spiro atoms. The van der Waals surface area contributed by atoms with Gasteiger partial charge in [-0.3, -0.25) is 0 Å². The average molecular weight is 459 g/mol. The number of ether oxygens (including phenoxy) is 1. The topological polar surface area (TPSA) is 69.0 Å². The molecule has 1 aliphatic heterocycles. The lowest BCUT2D eigenvalue weighted by molar-refractivity contribution is -0.139. The number of fused-ring (bicyclic) bond motifs is 1. The summed E-state index contributed by atoms with van der Waals surface area (Å²) in [6, 6.07) is 13.1. The van der Waals surface area contributed by atoms with Crippen LogP contribution < -0.4 is 5.32 Å². The van der Waals surface area contributed by atoms with E-state index in [1.165, 1.54) is 23.9 Å². The molecule has 1 aliphatic rings. The number of carbonyl (C=O) groups is 1. The van der Waals surface area contributed by atoms with Crippen LogP contribution in [0.25, 0.3) is 0 Å². The van der Waals surface area contributed by atoms with E-state index < -0.39 is 12.0 Å². The number of carbonyl (C=O) groups excluding carboxylic acids is 1. The molecule has 0 saturated heterocycles. The van der Waals surface area contributed by atoms with Crippen LogP contribution in [0.2, 0.25) is 5.02 Å². The first kappa shape index (κ1) is 21.4. The minimum atomic E-state index is -0.500. The molecule has 0 radical (unpaired) electrons. The summed E-state index contributed by atoms with van der Waals surface area (Å²) in [4.78, 5) is 17.4. The van der Waals surface area contributed by atoms with Crippen LogP contribution in [0.4, 0.5) is 10.3 Å². The minimum absolute atomic E-state index is 0.270. The third kappa shape index (κ3) is 4.60. The monoisotopic (exact) mass is 458 g/mol. The lowest BCUT2D eigenvalue weighted by Gasteiger charge is -2.28. The highest BCUT2D eigenvalue weighted by Gasteiger charge is 2.35. The number of allylic oxidation sites excluding steroid dienone is 1. The highest BCUT2D eigenvalue weighted by atomic mass is 35.5. The van der Waals surface area contributed by atoms with Gasteiger partial charge in [-0.2, -0.15) is 4.98 Å². The maximum absolute atomic E-state index is 13.1. The zero-order valence-electron chi connectivity index (χ0n) is 16.9. The molecule has 31 heavy (non-hydrogen) atoms. The largest absolute Gasteiger partial charge is 0.463 e. The number of aromatic nitrogens is 3. The van der Waals surface area contributed by atoms with E-state index in [9.17, 15) is 9.18 Å². The summed E-state index contributed by atoms with van der Waals surface area (Å²) in [5.74, 6) is 0.445. The van der Waals surface area contributed by atoms with Crippen LogP contribution >= 0.6 is 23.4 Å². The summed E-state index contributed by atoms with van der Waals surface area (Å²) in [7, 11) is 0. The van der Waals surface area contributed by atoms with Gasteiger partial charge in [0.25, 0.3) is 0 Å². The Morgan fingerprint density at radius 2 is 1.94 bits per heavy atom. The van der Waals surface area contributed by atoms with Gasteiger partial charge in [0.15, 0.2) is 0 Å². The van der Waals surface area contributed by atoms with Crippen molar-refractivity contribution in [3.63, 3.8) is 0 Å². The predicted octanol–water partition coefficient (Wildman–Crippen LogP) is 5.21. The van der Waals surface area contributed by atoms with Crippen LogP contribution in [0.5, 0.6) is 0 Å². The Morgan fingerprint density at radius 3 is 2.61 bits per heavy atom. The zero-order chi connectivity index (χ0) is 22.0. The number of rotatable bonds is 6. The average Bonchev–Trinajstić information content (AvgIpc) is 3.15. The number of nitrogens with zero attached hydrogens (tertiary/aromatic N) is 3. The van der Waals surface area contributed by atoms with Crippen molar-refractivity contribution in [2.75, 3.05) is 11.9 Å². The van der Waals surface area contributed by atoms with Crippen LogP contribution in [0.1, 0.15) is 31.0 Å². The van der Waals surface area contributed by atoms with E-state index in [-0.39, 0.29) is 12.4 Å². The van der Waals surface area contributed by atoms with Crippen LogP contribution in [0, 0.1) is 5.82 Å². The Balaban J connectivity index is 1.67. The first-order chi connectivity index (χ1) is 15.0. The van der Waals surface area contributed by atoms with Gasteiger partial charge in [0.2, 0.25) is 11.1 Å². The first-order valence-corrected chi connectivity index (χ1v) is 11.1. The number of benzene rings is 2. The van der Waals surface area contributed by atoms with E-state index in [0.29, 0.717) is 33.2 Å². The minimum Gasteiger partial charge on any atom is -0.463 e. The highest BCUT2D eigenvalue weighted by molar-refractivity contribution is 7.98. The quantitative estimate of drug-likeness (QED) is 0.403.